The van der Waals surface area contributed by atoms with E-state index < -0.39 is 10.9 Å². The molecule has 0 saturated heterocycles. The van der Waals surface area contributed by atoms with Gasteiger partial charge >= 0.3 is 0 Å². The third kappa shape index (κ3) is 3.34. The van der Waals surface area contributed by atoms with E-state index in [4.69, 9.17) is 5.11 Å². The molecule has 0 aromatic heterocycles. The van der Waals surface area contributed by atoms with Crippen molar-refractivity contribution < 1.29 is 9.90 Å². The molecule has 0 aromatic carbocycles. The topological polar surface area (TPSA) is 37.3 Å². The van der Waals surface area contributed by atoms with Crippen LogP contribution in [-0.2, 0) is 4.79 Å². The van der Waals surface area contributed by atoms with Gasteiger partial charge in [-0.3, -0.25) is 4.79 Å². The molecule has 0 fully saturated rings. The summed E-state index contributed by atoms with van der Waals surface area (Å²) in [5.74, 6) is 0.0347. The Bertz CT molecular complexity index is 147. The van der Waals surface area contributed by atoms with Crippen molar-refractivity contribution in [1.82, 2.24) is 0 Å². The fraction of sp³-hybridized carbons (Fsp3) is 0.875. The molecule has 66 valence electrons. The smallest absolute Gasteiger partial charge is 0.154 e. The van der Waals surface area contributed by atoms with Crippen LogP contribution >= 0.6 is 15.9 Å². The summed E-state index contributed by atoms with van der Waals surface area (Å²) < 4.78 is 0. The fourth-order valence-electron chi connectivity index (χ4n) is 0.633. The van der Waals surface area contributed by atoms with Crippen LogP contribution in [0, 0.1) is 5.41 Å². The van der Waals surface area contributed by atoms with Gasteiger partial charge in [0, 0.05) is 5.41 Å². The predicted molar refractivity (Wildman–Crippen MR) is 48.9 cm³/mol. The first-order chi connectivity index (χ1) is 4.76. The minimum Gasteiger partial charge on any atom is -0.392 e. The van der Waals surface area contributed by atoms with Crippen LogP contribution in [0.5, 0.6) is 0 Å². The number of aliphatic hydroxyl groups excluding tert-OH is 1. The van der Waals surface area contributed by atoms with E-state index in [0.717, 1.165) is 0 Å². The van der Waals surface area contributed by atoms with Gasteiger partial charge in [0.05, 0.1) is 10.9 Å². The number of rotatable bonds is 2. The third-order valence-corrected chi connectivity index (χ3v) is 2.59. The Morgan fingerprint density at radius 3 is 1.91 bits per heavy atom. The van der Waals surface area contributed by atoms with Crippen LogP contribution in [0.3, 0.4) is 0 Å². The van der Waals surface area contributed by atoms with Crippen molar-refractivity contribution in [2.75, 3.05) is 0 Å². The summed E-state index contributed by atoms with van der Waals surface area (Å²) in [6, 6.07) is 0. The minimum absolute atomic E-state index is 0.0347. The normalized spacial score (nSPS) is 17.6. The monoisotopic (exact) mass is 222 g/mol. The lowest BCUT2D eigenvalue weighted by Gasteiger charge is -2.22. The summed E-state index contributed by atoms with van der Waals surface area (Å²) in [6.45, 7) is 7.12. The highest BCUT2D eigenvalue weighted by molar-refractivity contribution is 9.10. The molecule has 0 radical (unpaired) electrons. The van der Waals surface area contributed by atoms with Crippen molar-refractivity contribution in [1.29, 1.82) is 0 Å². The molecular weight excluding hydrogens is 208 g/mol. The molecule has 0 aliphatic rings. The summed E-state index contributed by atoms with van der Waals surface area (Å²) in [5.41, 5.74) is -0.384. The summed E-state index contributed by atoms with van der Waals surface area (Å²) >= 11 is 3.14. The van der Waals surface area contributed by atoms with Crippen molar-refractivity contribution in [3.8, 4) is 0 Å². The third-order valence-electron chi connectivity index (χ3n) is 1.41. The molecule has 1 N–H and O–H groups in total. The van der Waals surface area contributed by atoms with Crippen LogP contribution < -0.4 is 0 Å². The summed E-state index contributed by atoms with van der Waals surface area (Å²) in [6.07, 6.45) is -0.623. The largest absolute Gasteiger partial charge is 0.392 e. The Morgan fingerprint density at radius 2 is 1.82 bits per heavy atom. The maximum atomic E-state index is 11.4. The number of carbonyl (C=O) groups excluding carboxylic acids is 1. The van der Waals surface area contributed by atoms with E-state index >= 15 is 0 Å². The highest BCUT2D eigenvalue weighted by atomic mass is 79.9. The summed E-state index contributed by atoms with van der Waals surface area (Å²) in [5, 5.41) is 9.09. The zero-order valence-electron chi connectivity index (χ0n) is 7.39. The number of ketones is 1. The molecule has 0 heterocycles. The quantitative estimate of drug-likeness (QED) is 0.724. The molecule has 2 nitrogen and oxygen atoms in total. The molecule has 0 amide bonds. The van der Waals surface area contributed by atoms with Gasteiger partial charge in [0.15, 0.2) is 5.78 Å². The average molecular weight is 223 g/mol. The van der Waals surface area contributed by atoms with Crippen molar-refractivity contribution in [2.24, 2.45) is 5.41 Å². The van der Waals surface area contributed by atoms with E-state index in [0.29, 0.717) is 0 Å². The van der Waals surface area contributed by atoms with Crippen LogP contribution in [-0.4, -0.2) is 21.8 Å². The van der Waals surface area contributed by atoms with Crippen LogP contribution in [0.2, 0.25) is 0 Å². The van der Waals surface area contributed by atoms with Crippen molar-refractivity contribution in [3.63, 3.8) is 0 Å². The van der Waals surface area contributed by atoms with Gasteiger partial charge in [-0.2, -0.15) is 0 Å². The van der Waals surface area contributed by atoms with Crippen molar-refractivity contribution >= 4 is 21.7 Å². The van der Waals surface area contributed by atoms with Crippen LogP contribution in [0.15, 0.2) is 0 Å². The summed E-state index contributed by atoms with van der Waals surface area (Å²) in [7, 11) is 0. The van der Waals surface area contributed by atoms with Crippen molar-refractivity contribution in [3.05, 3.63) is 0 Å². The number of hydrogen-bond donors (Lipinski definition) is 1. The molecule has 0 aliphatic heterocycles. The van der Waals surface area contributed by atoms with E-state index in [1.54, 1.807) is 6.92 Å². The highest BCUT2D eigenvalue weighted by Crippen LogP contribution is 2.22. The minimum atomic E-state index is -0.623. The van der Waals surface area contributed by atoms with Gasteiger partial charge in [0.25, 0.3) is 0 Å². The standard InChI is InChI=1S/C8H15BrO2/c1-5(10)6(9)7(11)8(2,3)4/h5-6,10H,1-4H3. The molecule has 11 heavy (non-hydrogen) atoms. The second kappa shape index (κ2) is 3.68. The molecule has 2 unspecified atom stereocenters. The first-order valence-electron chi connectivity index (χ1n) is 3.63. The van der Waals surface area contributed by atoms with E-state index in [1.807, 2.05) is 20.8 Å². The fourth-order valence-corrected chi connectivity index (χ4v) is 1.32. The SMILES string of the molecule is CC(O)C(Br)C(=O)C(C)(C)C. The first kappa shape index (κ1) is 11.1. The Balaban J connectivity index is 4.26. The van der Waals surface area contributed by atoms with Gasteiger partial charge in [-0.1, -0.05) is 36.7 Å². The Labute approximate surface area is 76.1 Å². The van der Waals surface area contributed by atoms with Gasteiger partial charge in [0.2, 0.25) is 0 Å². The number of carbonyl (C=O) groups is 1. The van der Waals surface area contributed by atoms with E-state index in [1.165, 1.54) is 0 Å². The molecule has 3 heteroatoms. The predicted octanol–water partition coefficient (Wildman–Crippen LogP) is 1.75. The molecule has 0 saturated carbocycles. The second-order valence-corrected chi connectivity index (χ2v) is 4.74. The van der Waals surface area contributed by atoms with Crippen LogP contribution in [0.25, 0.3) is 0 Å². The van der Waals surface area contributed by atoms with Gasteiger partial charge in [-0.05, 0) is 6.92 Å². The molecule has 0 bridgehead atoms. The maximum Gasteiger partial charge on any atom is 0.154 e. The number of Topliss-reactive ketones (excluding diaryl/α,β-unsaturated/α-hetero) is 1. The Hall–Kier alpha value is 0.110. The second-order valence-electron chi connectivity index (χ2n) is 3.76. The number of halogens is 1. The zero-order valence-corrected chi connectivity index (χ0v) is 8.97. The van der Waals surface area contributed by atoms with Gasteiger partial charge in [-0.15, -0.1) is 0 Å². The molecule has 0 rings (SSSR count). The molecule has 0 aromatic rings. The van der Waals surface area contributed by atoms with Crippen molar-refractivity contribution in [2.45, 2.75) is 38.6 Å². The summed E-state index contributed by atoms with van der Waals surface area (Å²) in [4.78, 5) is 11.0. The molecular formula is C8H15BrO2. The zero-order chi connectivity index (χ0) is 9.23. The molecule has 0 spiro atoms. The van der Waals surface area contributed by atoms with Gasteiger partial charge in [-0.25, -0.2) is 0 Å². The molecule has 2 atom stereocenters. The number of aliphatic hydroxyl groups is 1. The highest BCUT2D eigenvalue weighted by Gasteiger charge is 2.30. The van der Waals surface area contributed by atoms with E-state index in [2.05, 4.69) is 15.9 Å². The molecule has 0 aliphatic carbocycles. The Morgan fingerprint density at radius 1 is 1.45 bits per heavy atom. The first-order valence-corrected chi connectivity index (χ1v) is 4.55. The maximum absolute atomic E-state index is 11.4. The van der Waals surface area contributed by atoms with Gasteiger partial charge in [0.1, 0.15) is 0 Å². The lowest BCUT2D eigenvalue weighted by Crippen LogP contribution is -2.35. The number of alkyl halides is 1. The lowest BCUT2D eigenvalue weighted by atomic mass is 9.88. The van der Waals surface area contributed by atoms with E-state index in [-0.39, 0.29) is 11.2 Å². The van der Waals surface area contributed by atoms with E-state index in [9.17, 15) is 4.79 Å². The van der Waals surface area contributed by atoms with Crippen LogP contribution in [0.1, 0.15) is 27.7 Å². The lowest BCUT2D eigenvalue weighted by molar-refractivity contribution is -0.127. The number of hydrogen-bond acceptors (Lipinski definition) is 2. The Kier molecular flexibility index (Phi) is 3.71. The average Bonchev–Trinajstić information content (AvgIpc) is 1.82. The van der Waals surface area contributed by atoms with Gasteiger partial charge < -0.3 is 5.11 Å². The van der Waals surface area contributed by atoms with Crippen LogP contribution in [0.4, 0.5) is 0 Å².